The Morgan fingerprint density at radius 3 is 1.59 bits per heavy atom. The molecule has 0 heterocycles. The molecule has 2 amide bonds. The Labute approximate surface area is 187 Å². The maximum atomic E-state index is 12.4. The van der Waals surface area contributed by atoms with Gasteiger partial charge in [0.25, 0.3) is 21.9 Å². The summed E-state index contributed by atoms with van der Waals surface area (Å²) in [4.78, 5) is 25.1. The minimum absolute atomic E-state index is 0.285. The van der Waals surface area contributed by atoms with Crippen molar-refractivity contribution in [2.75, 3.05) is 10.6 Å². The van der Waals surface area contributed by atoms with E-state index in [1.54, 1.807) is 24.3 Å². The van der Waals surface area contributed by atoms with Gasteiger partial charge in [0.1, 0.15) is 0 Å². The zero-order valence-electron chi connectivity index (χ0n) is 16.1. The molecule has 4 N–H and O–H groups in total. The molecule has 0 aliphatic carbocycles. The fourth-order valence-electron chi connectivity index (χ4n) is 2.54. The van der Waals surface area contributed by atoms with Crippen LogP contribution in [-0.4, -0.2) is 30.0 Å². The highest BCUT2D eigenvalue weighted by atomic mass is 32.2. The summed E-state index contributed by atoms with van der Waals surface area (Å²) in [6, 6.07) is 17.5. The Bertz CT molecular complexity index is 1200. The molecule has 10 nitrogen and oxygen atoms in total. The van der Waals surface area contributed by atoms with Crippen LogP contribution in [0.2, 0.25) is 0 Å². The van der Waals surface area contributed by atoms with Gasteiger partial charge in [0.15, 0.2) is 0 Å². The van der Waals surface area contributed by atoms with Crippen molar-refractivity contribution in [1.82, 2.24) is 0 Å². The first-order valence-electron chi connectivity index (χ1n) is 8.81. The fraction of sp³-hybridized carbons (Fsp3) is 0. The molecule has 0 saturated carbocycles. The highest BCUT2D eigenvalue weighted by Crippen LogP contribution is 2.21. The zero-order valence-corrected chi connectivity index (χ0v) is 17.7. The maximum Gasteiger partial charge on any atom is 0.294 e. The summed E-state index contributed by atoms with van der Waals surface area (Å²) in [6.45, 7) is 0. The van der Waals surface area contributed by atoms with Crippen molar-refractivity contribution in [3.63, 3.8) is 0 Å². The highest BCUT2D eigenvalue weighted by Gasteiger charge is 2.12. The lowest BCUT2D eigenvalue weighted by Crippen LogP contribution is -2.14. The molecule has 0 aromatic heterocycles. The molecule has 0 atom stereocenters. The average molecular weight is 476 g/mol. The van der Waals surface area contributed by atoms with Crippen LogP contribution in [0, 0.1) is 0 Å². The van der Waals surface area contributed by atoms with E-state index in [9.17, 15) is 18.0 Å². The van der Waals surface area contributed by atoms with Gasteiger partial charge in [-0.05, 0) is 72.8 Å². The van der Waals surface area contributed by atoms with E-state index in [1.807, 2.05) is 0 Å². The summed E-state index contributed by atoms with van der Waals surface area (Å²) in [5.74, 6) is -0.841. The number of carbonyl (C=O) groups excluding carboxylic acids is 2. The third kappa shape index (κ3) is 6.37. The van der Waals surface area contributed by atoms with Crippen molar-refractivity contribution in [2.24, 2.45) is 0 Å². The largest absolute Gasteiger partial charge is 0.322 e. The smallest absolute Gasteiger partial charge is 0.294 e. The minimum Gasteiger partial charge on any atom is -0.322 e. The van der Waals surface area contributed by atoms with Crippen molar-refractivity contribution in [3.05, 3.63) is 83.9 Å². The number of rotatable bonds is 8. The molecule has 0 spiro atoms. The van der Waals surface area contributed by atoms with E-state index in [1.165, 1.54) is 36.4 Å². The average Bonchev–Trinajstić information content (AvgIpc) is 2.78. The Morgan fingerprint density at radius 2 is 1.19 bits per heavy atom. The van der Waals surface area contributed by atoms with E-state index in [0.717, 1.165) is 24.2 Å². The van der Waals surface area contributed by atoms with Crippen LogP contribution in [0.1, 0.15) is 20.7 Å². The van der Waals surface area contributed by atoms with Gasteiger partial charge in [-0.25, -0.2) is 5.26 Å². The molecule has 32 heavy (non-hydrogen) atoms. The molecule has 0 saturated heterocycles. The van der Waals surface area contributed by atoms with Crippen molar-refractivity contribution in [1.29, 1.82) is 0 Å². The third-order valence-corrected chi connectivity index (χ3v) is 5.55. The Hall–Kier alpha value is -3.26. The summed E-state index contributed by atoms with van der Waals surface area (Å²) in [6.07, 6.45) is 0. The molecule has 3 rings (SSSR count). The number of carbonyl (C=O) groups is 2. The molecule has 3 aromatic rings. The summed E-state index contributed by atoms with van der Waals surface area (Å²) < 4.78 is 35.4. The number of amides is 2. The summed E-state index contributed by atoms with van der Waals surface area (Å²) in [5.41, 5.74) is 1.48. The summed E-state index contributed by atoms with van der Waals surface area (Å²) in [7, 11) is -4.31. The zero-order chi connectivity index (χ0) is 23.1. The maximum absolute atomic E-state index is 12.4. The fourth-order valence-corrected chi connectivity index (χ4v) is 3.37. The lowest BCUT2D eigenvalue weighted by Gasteiger charge is -2.08. The van der Waals surface area contributed by atoms with Crippen LogP contribution >= 0.6 is 12.0 Å². The molecule has 0 aliphatic rings. The second-order valence-electron chi connectivity index (χ2n) is 6.24. The molecule has 0 fully saturated rings. The lowest BCUT2D eigenvalue weighted by atomic mass is 10.1. The second kappa shape index (κ2) is 10.4. The van der Waals surface area contributed by atoms with E-state index < -0.39 is 16.0 Å². The van der Waals surface area contributed by atoms with Gasteiger partial charge in [0.05, 0.1) is 16.9 Å². The van der Waals surface area contributed by atoms with Crippen molar-refractivity contribution in [2.45, 2.75) is 9.79 Å². The van der Waals surface area contributed by atoms with Gasteiger partial charge >= 0.3 is 0 Å². The van der Waals surface area contributed by atoms with Crippen LogP contribution in [0.5, 0.6) is 0 Å². The number of anilines is 2. The Kier molecular flexibility index (Phi) is 7.58. The standard InChI is InChI=1S/C20H16N2O8S2/c23-19(21-15-5-9-17(10-6-15)31-30-29-25)13-1-3-14(4-2-13)20(24)22-16-7-11-18(12-8-16)32(26,27)28/h1-12,25H,(H,21,23)(H,22,24)(H,26,27,28). The lowest BCUT2D eigenvalue weighted by molar-refractivity contribution is -0.432. The van der Waals surface area contributed by atoms with Crippen LogP contribution in [0.15, 0.2) is 82.6 Å². The predicted molar refractivity (Wildman–Crippen MR) is 116 cm³/mol. The summed E-state index contributed by atoms with van der Waals surface area (Å²) in [5, 5.41) is 16.9. The molecular weight excluding hydrogens is 460 g/mol. The van der Waals surface area contributed by atoms with E-state index in [2.05, 4.69) is 20.0 Å². The van der Waals surface area contributed by atoms with Gasteiger partial charge in [-0.2, -0.15) is 8.42 Å². The number of benzene rings is 3. The second-order valence-corrected chi connectivity index (χ2v) is 8.43. The number of hydrogen-bond donors (Lipinski definition) is 4. The van der Waals surface area contributed by atoms with Crippen molar-refractivity contribution >= 4 is 45.4 Å². The molecule has 3 aromatic carbocycles. The van der Waals surface area contributed by atoms with Crippen LogP contribution in [0.4, 0.5) is 11.4 Å². The molecule has 166 valence electrons. The van der Waals surface area contributed by atoms with E-state index >= 15 is 0 Å². The van der Waals surface area contributed by atoms with Gasteiger partial charge in [0.2, 0.25) is 0 Å². The predicted octanol–water partition coefficient (Wildman–Crippen LogP) is 3.87. The SMILES string of the molecule is O=C(Nc1ccc(SOOO)cc1)c1ccc(C(=O)Nc2ccc(S(=O)(=O)O)cc2)cc1. The molecule has 0 aliphatic heterocycles. The molecule has 0 radical (unpaired) electrons. The van der Waals surface area contributed by atoms with E-state index in [-0.39, 0.29) is 16.4 Å². The van der Waals surface area contributed by atoms with Crippen LogP contribution in [0.25, 0.3) is 0 Å². The van der Waals surface area contributed by atoms with Gasteiger partial charge in [-0.15, -0.1) is 4.33 Å². The van der Waals surface area contributed by atoms with Gasteiger partial charge in [0, 0.05) is 27.4 Å². The van der Waals surface area contributed by atoms with E-state index in [4.69, 9.17) is 9.81 Å². The minimum atomic E-state index is -4.31. The molecule has 0 unspecified atom stereocenters. The van der Waals surface area contributed by atoms with Crippen molar-refractivity contribution in [3.8, 4) is 0 Å². The van der Waals surface area contributed by atoms with Crippen molar-refractivity contribution < 1.29 is 37.2 Å². The van der Waals surface area contributed by atoms with Crippen LogP contribution in [0.3, 0.4) is 0 Å². The summed E-state index contributed by atoms with van der Waals surface area (Å²) >= 11 is 0.790. The Balaban J connectivity index is 1.60. The first kappa shape index (κ1) is 23.4. The Morgan fingerprint density at radius 1 is 0.750 bits per heavy atom. The highest BCUT2D eigenvalue weighted by molar-refractivity contribution is 7.94. The topological polar surface area (TPSA) is 151 Å². The van der Waals surface area contributed by atoms with E-state index in [0.29, 0.717) is 21.8 Å². The first-order valence-corrected chi connectivity index (χ1v) is 11.0. The number of nitrogens with one attached hydrogen (secondary N) is 2. The van der Waals surface area contributed by atoms with Crippen LogP contribution in [-0.2, 0) is 19.5 Å². The van der Waals surface area contributed by atoms with Gasteiger partial charge in [-0.3, -0.25) is 14.1 Å². The molecular formula is C20H16N2O8S2. The van der Waals surface area contributed by atoms with Crippen LogP contribution < -0.4 is 10.6 Å². The van der Waals surface area contributed by atoms with Gasteiger partial charge in [-0.1, -0.05) is 5.04 Å². The van der Waals surface area contributed by atoms with Gasteiger partial charge < -0.3 is 10.6 Å². The monoisotopic (exact) mass is 476 g/mol. The molecule has 12 heteroatoms. The first-order chi connectivity index (χ1) is 15.3. The number of hydrogen-bond acceptors (Lipinski definition) is 8. The third-order valence-electron chi connectivity index (χ3n) is 4.09. The quantitative estimate of drug-likeness (QED) is 0.164. The molecule has 0 bridgehead atoms. The normalized spacial score (nSPS) is 11.1.